The van der Waals surface area contributed by atoms with Crippen LogP contribution < -0.4 is 4.90 Å². The van der Waals surface area contributed by atoms with Crippen LogP contribution in [0.25, 0.3) is 0 Å². The average molecular weight is 227 g/mol. The van der Waals surface area contributed by atoms with Crippen LogP contribution in [0.1, 0.15) is 16.6 Å². The van der Waals surface area contributed by atoms with Crippen molar-refractivity contribution >= 4 is 35.1 Å². The van der Waals surface area contributed by atoms with Crippen molar-refractivity contribution in [2.24, 2.45) is 0 Å². The molecule has 0 amide bonds. The Balaban J connectivity index is 2.09. The Bertz CT molecular complexity index is 324. The van der Waals surface area contributed by atoms with E-state index in [-0.39, 0.29) is 0 Å². The minimum Gasteiger partial charge on any atom is -0.369 e. The fraction of sp³-hybridized carbons (Fsp3) is 0.500. The third-order valence-corrected chi connectivity index (χ3v) is 4.31. The van der Waals surface area contributed by atoms with E-state index in [1.54, 1.807) is 0 Å². The summed E-state index contributed by atoms with van der Waals surface area (Å²) in [6.45, 7) is 4.45. The number of hydrogen-bond donors (Lipinski definition) is 0. The van der Waals surface area contributed by atoms with E-state index < -0.39 is 0 Å². The molecule has 76 valence electrons. The zero-order chi connectivity index (χ0) is 9.97. The van der Waals surface area contributed by atoms with E-state index in [4.69, 9.17) is 0 Å². The molecule has 0 N–H and O–H groups in total. The Kier molecular flexibility index (Phi) is 3.13. The van der Waals surface area contributed by atoms with E-state index in [1.165, 1.54) is 22.8 Å². The number of thioether (sulfide) groups is 1. The van der Waals surface area contributed by atoms with Gasteiger partial charge in [0.05, 0.1) is 4.88 Å². The number of carbonyl (C=O) groups is 1. The highest BCUT2D eigenvalue weighted by Crippen LogP contribution is 2.27. The maximum absolute atomic E-state index is 10.6. The Labute approximate surface area is 92.3 Å². The normalized spacial score (nSPS) is 22.4. The van der Waals surface area contributed by atoms with Crippen LogP contribution in [0.5, 0.6) is 0 Å². The molecule has 1 aromatic rings. The average Bonchev–Trinajstić information content (AvgIpc) is 2.66. The third kappa shape index (κ3) is 2.12. The molecule has 0 aromatic carbocycles. The van der Waals surface area contributed by atoms with Crippen molar-refractivity contribution in [3.8, 4) is 0 Å². The number of hydrogen-bond acceptors (Lipinski definition) is 4. The van der Waals surface area contributed by atoms with Crippen LogP contribution in [-0.2, 0) is 0 Å². The molecule has 1 saturated heterocycles. The van der Waals surface area contributed by atoms with Crippen molar-refractivity contribution in [2.75, 3.05) is 23.7 Å². The summed E-state index contributed by atoms with van der Waals surface area (Å²) in [5.74, 6) is 1.19. The SMILES string of the molecule is CC1CN(c2csc(C=O)c2)CCS1. The molecule has 1 aliphatic heterocycles. The van der Waals surface area contributed by atoms with Crippen molar-refractivity contribution in [1.82, 2.24) is 0 Å². The van der Waals surface area contributed by atoms with Gasteiger partial charge in [-0.3, -0.25) is 4.79 Å². The van der Waals surface area contributed by atoms with Gasteiger partial charge in [0.25, 0.3) is 0 Å². The Morgan fingerprint density at radius 3 is 3.14 bits per heavy atom. The fourth-order valence-electron chi connectivity index (χ4n) is 1.62. The van der Waals surface area contributed by atoms with Crippen molar-refractivity contribution < 1.29 is 4.79 Å². The summed E-state index contributed by atoms with van der Waals surface area (Å²) in [6, 6.07) is 1.99. The molecule has 0 bridgehead atoms. The molecule has 14 heavy (non-hydrogen) atoms. The van der Waals surface area contributed by atoms with Gasteiger partial charge in [-0.2, -0.15) is 11.8 Å². The predicted octanol–water partition coefficient (Wildman–Crippen LogP) is 2.50. The molecule has 2 nitrogen and oxygen atoms in total. The molecule has 2 heterocycles. The van der Waals surface area contributed by atoms with Crippen molar-refractivity contribution in [3.63, 3.8) is 0 Å². The van der Waals surface area contributed by atoms with Crippen LogP contribution in [0.2, 0.25) is 0 Å². The zero-order valence-electron chi connectivity index (χ0n) is 8.10. The summed E-state index contributed by atoms with van der Waals surface area (Å²) in [6.07, 6.45) is 0.927. The van der Waals surface area contributed by atoms with Gasteiger partial charge in [0.2, 0.25) is 0 Å². The topological polar surface area (TPSA) is 20.3 Å². The Morgan fingerprint density at radius 1 is 1.64 bits per heavy atom. The molecule has 0 spiro atoms. The molecule has 1 aliphatic rings. The number of nitrogens with zero attached hydrogens (tertiary/aromatic N) is 1. The van der Waals surface area contributed by atoms with E-state index in [2.05, 4.69) is 17.2 Å². The summed E-state index contributed by atoms with van der Waals surface area (Å²) < 4.78 is 0. The molecule has 2 rings (SSSR count). The van der Waals surface area contributed by atoms with E-state index >= 15 is 0 Å². The summed E-state index contributed by atoms with van der Waals surface area (Å²) in [7, 11) is 0. The van der Waals surface area contributed by atoms with Crippen LogP contribution in [0.15, 0.2) is 11.4 Å². The van der Waals surface area contributed by atoms with Crippen LogP contribution in [-0.4, -0.2) is 30.4 Å². The monoisotopic (exact) mass is 227 g/mol. The van der Waals surface area contributed by atoms with Crippen LogP contribution in [0.3, 0.4) is 0 Å². The number of aldehydes is 1. The van der Waals surface area contributed by atoms with Gasteiger partial charge in [0, 0.05) is 35.2 Å². The van der Waals surface area contributed by atoms with Gasteiger partial charge in [-0.25, -0.2) is 0 Å². The molecule has 4 heteroatoms. The van der Waals surface area contributed by atoms with Crippen molar-refractivity contribution in [2.45, 2.75) is 12.2 Å². The predicted molar refractivity (Wildman–Crippen MR) is 63.8 cm³/mol. The maximum Gasteiger partial charge on any atom is 0.160 e. The first-order chi connectivity index (χ1) is 6.79. The van der Waals surface area contributed by atoms with Crippen molar-refractivity contribution in [1.29, 1.82) is 0 Å². The van der Waals surface area contributed by atoms with E-state index in [9.17, 15) is 4.79 Å². The van der Waals surface area contributed by atoms with Gasteiger partial charge >= 0.3 is 0 Å². The van der Waals surface area contributed by atoms with Crippen LogP contribution in [0.4, 0.5) is 5.69 Å². The van der Waals surface area contributed by atoms with Gasteiger partial charge in [0.15, 0.2) is 6.29 Å². The first-order valence-electron chi connectivity index (χ1n) is 4.70. The Morgan fingerprint density at radius 2 is 2.50 bits per heavy atom. The lowest BCUT2D eigenvalue weighted by molar-refractivity contribution is 0.112. The van der Waals surface area contributed by atoms with E-state index in [1.807, 2.05) is 17.8 Å². The fourth-order valence-corrected chi connectivity index (χ4v) is 3.35. The third-order valence-electron chi connectivity index (χ3n) is 2.33. The first-order valence-corrected chi connectivity index (χ1v) is 6.62. The summed E-state index contributed by atoms with van der Waals surface area (Å²) in [5, 5.41) is 2.77. The van der Waals surface area contributed by atoms with E-state index in [0.29, 0.717) is 5.25 Å². The second-order valence-electron chi connectivity index (χ2n) is 3.45. The maximum atomic E-state index is 10.6. The molecule has 1 aromatic heterocycles. The molecule has 0 aliphatic carbocycles. The molecule has 0 saturated carbocycles. The number of anilines is 1. The molecule has 1 fully saturated rings. The number of rotatable bonds is 2. The highest BCUT2D eigenvalue weighted by Gasteiger charge is 2.17. The van der Waals surface area contributed by atoms with Crippen LogP contribution >= 0.6 is 23.1 Å². The number of carbonyl (C=O) groups excluding carboxylic acids is 1. The van der Waals surface area contributed by atoms with Crippen molar-refractivity contribution in [3.05, 3.63) is 16.3 Å². The Hall–Kier alpha value is -0.480. The molecular weight excluding hydrogens is 214 g/mol. The van der Waals surface area contributed by atoms with Gasteiger partial charge < -0.3 is 4.90 Å². The largest absolute Gasteiger partial charge is 0.369 e. The summed E-state index contributed by atoms with van der Waals surface area (Å²) in [4.78, 5) is 13.7. The molecule has 0 radical (unpaired) electrons. The zero-order valence-corrected chi connectivity index (χ0v) is 9.74. The van der Waals surface area contributed by atoms with Gasteiger partial charge in [0.1, 0.15) is 0 Å². The molecule has 1 unspecified atom stereocenters. The van der Waals surface area contributed by atoms with Gasteiger partial charge in [-0.05, 0) is 6.07 Å². The van der Waals surface area contributed by atoms with E-state index in [0.717, 1.165) is 24.3 Å². The molecule has 1 atom stereocenters. The summed E-state index contributed by atoms with van der Waals surface area (Å²) in [5.41, 5.74) is 1.21. The summed E-state index contributed by atoms with van der Waals surface area (Å²) >= 11 is 3.55. The lowest BCUT2D eigenvalue weighted by atomic mass is 10.3. The standard InChI is InChI=1S/C10H13NOS2/c1-8-5-11(2-3-13-8)9-4-10(6-12)14-7-9/h4,6-8H,2-3,5H2,1H3. The van der Waals surface area contributed by atoms with Gasteiger partial charge in [-0.1, -0.05) is 6.92 Å². The lowest BCUT2D eigenvalue weighted by Gasteiger charge is -2.31. The lowest BCUT2D eigenvalue weighted by Crippen LogP contribution is -2.36. The second kappa shape index (κ2) is 4.36. The highest BCUT2D eigenvalue weighted by atomic mass is 32.2. The quantitative estimate of drug-likeness (QED) is 0.724. The van der Waals surface area contributed by atoms with Gasteiger partial charge in [-0.15, -0.1) is 11.3 Å². The van der Waals surface area contributed by atoms with Crippen LogP contribution in [0, 0.1) is 0 Å². The highest BCUT2D eigenvalue weighted by molar-refractivity contribution is 8.00. The second-order valence-corrected chi connectivity index (χ2v) is 5.94. The molecular formula is C10H13NOS2. The smallest absolute Gasteiger partial charge is 0.160 e. The minimum atomic E-state index is 0.698. The number of thiophene rings is 1. The first kappa shape index (κ1) is 10.1. The minimum absolute atomic E-state index is 0.698.